The molecule has 3 N–H and O–H groups in total. The molecule has 102 valence electrons. The van der Waals surface area contributed by atoms with E-state index in [-0.39, 0.29) is 22.9 Å². The lowest BCUT2D eigenvalue weighted by molar-refractivity contribution is -0.385. The fourth-order valence-corrected chi connectivity index (χ4v) is 1.42. The Balaban J connectivity index is 2.38. The van der Waals surface area contributed by atoms with Gasteiger partial charge in [-0.15, -0.1) is 0 Å². The average molecular weight is 275 g/mol. The number of ether oxygens (including phenoxy) is 1. The van der Waals surface area contributed by atoms with Crippen molar-refractivity contribution in [2.45, 2.75) is 0 Å². The van der Waals surface area contributed by atoms with E-state index in [0.717, 1.165) is 12.3 Å². The van der Waals surface area contributed by atoms with Gasteiger partial charge in [0.05, 0.1) is 4.92 Å². The zero-order valence-corrected chi connectivity index (χ0v) is 10.0. The first-order chi connectivity index (χ1) is 9.47. The van der Waals surface area contributed by atoms with Crippen LogP contribution in [-0.2, 0) is 0 Å². The molecule has 1 amide bonds. The molecule has 0 radical (unpaired) electrons. The molecule has 0 aliphatic carbocycles. The molecule has 0 atom stereocenters. The minimum absolute atomic E-state index is 0.0455. The van der Waals surface area contributed by atoms with Gasteiger partial charge in [-0.3, -0.25) is 14.9 Å². The van der Waals surface area contributed by atoms with Crippen LogP contribution in [0.25, 0.3) is 0 Å². The lowest BCUT2D eigenvalue weighted by Gasteiger charge is -2.07. The van der Waals surface area contributed by atoms with E-state index >= 15 is 0 Å². The van der Waals surface area contributed by atoms with E-state index in [0.29, 0.717) is 5.75 Å². The second kappa shape index (κ2) is 5.22. The summed E-state index contributed by atoms with van der Waals surface area (Å²) in [4.78, 5) is 24.9. The summed E-state index contributed by atoms with van der Waals surface area (Å²) in [5.41, 5.74) is 4.57. The van der Waals surface area contributed by atoms with Crippen LogP contribution in [0.3, 0.4) is 0 Å². The summed E-state index contributed by atoms with van der Waals surface area (Å²) >= 11 is 0. The van der Waals surface area contributed by atoms with Crippen LogP contribution in [0.2, 0.25) is 0 Å². The lowest BCUT2D eigenvalue weighted by Crippen LogP contribution is -2.13. The van der Waals surface area contributed by atoms with E-state index in [1.54, 1.807) is 0 Å². The molecule has 1 aromatic heterocycles. The largest absolute Gasteiger partial charge is 0.508 e. The molecular formula is C12H9N3O5. The van der Waals surface area contributed by atoms with Crippen molar-refractivity contribution in [2.75, 3.05) is 0 Å². The Hall–Kier alpha value is -3.16. The Morgan fingerprint density at radius 3 is 2.55 bits per heavy atom. The van der Waals surface area contributed by atoms with Crippen molar-refractivity contribution in [3.63, 3.8) is 0 Å². The van der Waals surface area contributed by atoms with Gasteiger partial charge in [-0.1, -0.05) is 0 Å². The average Bonchev–Trinajstić information content (AvgIpc) is 2.41. The van der Waals surface area contributed by atoms with E-state index in [1.807, 2.05) is 0 Å². The van der Waals surface area contributed by atoms with Crippen LogP contribution >= 0.6 is 0 Å². The third kappa shape index (κ3) is 2.80. The first kappa shape index (κ1) is 13.3. The van der Waals surface area contributed by atoms with Gasteiger partial charge in [0.1, 0.15) is 23.3 Å². The first-order valence-corrected chi connectivity index (χ1v) is 5.38. The smallest absolute Gasteiger partial charge is 0.288 e. The van der Waals surface area contributed by atoms with Crippen LogP contribution < -0.4 is 10.5 Å². The number of carbonyl (C=O) groups is 1. The van der Waals surface area contributed by atoms with Gasteiger partial charge in [-0.25, -0.2) is 4.98 Å². The molecule has 0 aliphatic heterocycles. The van der Waals surface area contributed by atoms with Crippen LogP contribution in [0.15, 0.2) is 36.5 Å². The molecular weight excluding hydrogens is 266 g/mol. The Morgan fingerprint density at radius 2 is 2.00 bits per heavy atom. The summed E-state index contributed by atoms with van der Waals surface area (Å²) in [6, 6.07) is 6.65. The number of nitrogens with zero attached hydrogens (tertiary/aromatic N) is 2. The van der Waals surface area contributed by atoms with E-state index in [4.69, 9.17) is 15.6 Å². The number of carbonyl (C=O) groups excluding carboxylic acids is 1. The fourth-order valence-electron chi connectivity index (χ4n) is 1.42. The van der Waals surface area contributed by atoms with E-state index in [2.05, 4.69) is 4.98 Å². The van der Waals surface area contributed by atoms with E-state index in [1.165, 1.54) is 24.3 Å². The number of aromatic nitrogens is 1. The second-order valence-electron chi connectivity index (χ2n) is 3.76. The van der Waals surface area contributed by atoms with Gasteiger partial charge < -0.3 is 15.6 Å². The molecule has 0 aliphatic rings. The Kier molecular flexibility index (Phi) is 3.47. The molecule has 8 heteroatoms. The fraction of sp³-hybridized carbons (Fsp3) is 0. The van der Waals surface area contributed by atoms with Crippen molar-refractivity contribution in [3.05, 3.63) is 52.2 Å². The van der Waals surface area contributed by atoms with Gasteiger partial charge in [-0.05, 0) is 24.3 Å². The van der Waals surface area contributed by atoms with Crippen molar-refractivity contribution in [3.8, 4) is 17.4 Å². The molecule has 0 spiro atoms. The van der Waals surface area contributed by atoms with Crippen LogP contribution in [0.5, 0.6) is 17.4 Å². The molecule has 1 heterocycles. The molecule has 20 heavy (non-hydrogen) atoms. The van der Waals surface area contributed by atoms with Crippen molar-refractivity contribution in [2.24, 2.45) is 5.73 Å². The van der Waals surface area contributed by atoms with Crippen LogP contribution in [0, 0.1) is 10.1 Å². The maximum absolute atomic E-state index is 11.3. The summed E-state index contributed by atoms with van der Waals surface area (Å²) in [6.07, 6.45) is 0.961. The molecule has 0 saturated heterocycles. The molecule has 8 nitrogen and oxygen atoms in total. The Bertz CT molecular complexity index is 669. The minimum atomic E-state index is -0.894. The number of rotatable bonds is 4. The summed E-state index contributed by atoms with van der Waals surface area (Å²) < 4.78 is 5.31. The minimum Gasteiger partial charge on any atom is -0.508 e. The van der Waals surface area contributed by atoms with E-state index in [9.17, 15) is 14.9 Å². The highest BCUT2D eigenvalue weighted by molar-refractivity contribution is 5.95. The number of amides is 1. The number of hydrogen-bond donors (Lipinski definition) is 2. The number of phenols is 1. The Labute approximate surface area is 112 Å². The number of primary amides is 1. The number of benzene rings is 1. The molecule has 0 saturated carbocycles. The number of nitrogens with two attached hydrogens (primary N) is 1. The van der Waals surface area contributed by atoms with Gasteiger partial charge in [-0.2, -0.15) is 0 Å². The SMILES string of the molecule is NC(=O)c1cc([N+](=O)[O-])cnc1Oc1ccc(O)cc1. The summed E-state index contributed by atoms with van der Waals surface area (Å²) in [5.74, 6) is -0.695. The zero-order valence-electron chi connectivity index (χ0n) is 10.0. The van der Waals surface area contributed by atoms with Gasteiger partial charge in [0.2, 0.25) is 5.88 Å². The third-order valence-electron chi connectivity index (χ3n) is 2.36. The topological polar surface area (TPSA) is 129 Å². The number of hydrogen-bond acceptors (Lipinski definition) is 6. The molecule has 0 bridgehead atoms. The Morgan fingerprint density at radius 1 is 1.35 bits per heavy atom. The monoisotopic (exact) mass is 275 g/mol. The summed E-state index contributed by atoms with van der Waals surface area (Å²) in [6.45, 7) is 0. The van der Waals surface area contributed by atoms with Crippen LogP contribution in [-0.4, -0.2) is 20.9 Å². The quantitative estimate of drug-likeness (QED) is 0.643. The predicted molar refractivity (Wildman–Crippen MR) is 67.6 cm³/mol. The van der Waals surface area contributed by atoms with Crippen molar-refractivity contribution in [1.29, 1.82) is 0 Å². The summed E-state index contributed by atoms with van der Waals surface area (Å²) in [5, 5.41) is 19.8. The highest BCUT2D eigenvalue weighted by Gasteiger charge is 2.17. The molecule has 1 aromatic carbocycles. The maximum atomic E-state index is 11.3. The predicted octanol–water partition coefficient (Wildman–Crippen LogP) is 1.59. The molecule has 0 unspecified atom stereocenters. The molecule has 0 fully saturated rings. The highest BCUT2D eigenvalue weighted by atomic mass is 16.6. The van der Waals surface area contributed by atoms with E-state index < -0.39 is 10.8 Å². The van der Waals surface area contributed by atoms with Gasteiger partial charge in [0, 0.05) is 6.07 Å². The molecule has 2 aromatic rings. The lowest BCUT2D eigenvalue weighted by atomic mass is 10.2. The standard InChI is InChI=1S/C12H9N3O5/c13-11(17)10-5-7(15(18)19)6-14-12(10)20-9-3-1-8(16)2-4-9/h1-6,16H,(H2,13,17). The second-order valence-corrected chi connectivity index (χ2v) is 3.76. The number of phenolic OH excluding ortho intramolecular Hbond substituents is 1. The van der Waals surface area contributed by atoms with Crippen LogP contribution in [0.4, 0.5) is 5.69 Å². The number of nitro groups is 1. The van der Waals surface area contributed by atoms with Gasteiger partial charge in [0.15, 0.2) is 0 Å². The van der Waals surface area contributed by atoms with Crippen molar-refractivity contribution >= 4 is 11.6 Å². The summed E-state index contributed by atoms with van der Waals surface area (Å²) in [7, 11) is 0. The first-order valence-electron chi connectivity index (χ1n) is 5.38. The van der Waals surface area contributed by atoms with Crippen molar-refractivity contribution < 1.29 is 19.6 Å². The van der Waals surface area contributed by atoms with Crippen LogP contribution in [0.1, 0.15) is 10.4 Å². The number of aromatic hydroxyl groups is 1. The normalized spacial score (nSPS) is 10.0. The maximum Gasteiger partial charge on any atom is 0.288 e. The van der Waals surface area contributed by atoms with Gasteiger partial charge >= 0.3 is 0 Å². The van der Waals surface area contributed by atoms with Gasteiger partial charge in [0.25, 0.3) is 11.6 Å². The third-order valence-corrected chi connectivity index (χ3v) is 2.36. The zero-order chi connectivity index (χ0) is 14.7. The van der Waals surface area contributed by atoms with Crippen molar-refractivity contribution in [1.82, 2.24) is 4.98 Å². The molecule has 2 rings (SSSR count). The number of pyridine rings is 1. The highest BCUT2D eigenvalue weighted by Crippen LogP contribution is 2.26.